The minimum atomic E-state index is 0.319. The molecule has 0 atom stereocenters. The average molecular weight is 82.0 g/mol. The van der Waals surface area contributed by atoms with Crippen LogP contribution in [0.3, 0.4) is 0 Å². The van der Waals surface area contributed by atoms with Gasteiger partial charge in [-0.15, -0.1) is 0 Å². The second kappa shape index (κ2) is 1.68. The van der Waals surface area contributed by atoms with Gasteiger partial charge in [0.25, 0.3) is 0 Å². The molecule has 34 valence electrons. The molecule has 0 heterocycles. The van der Waals surface area contributed by atoms with Crippen LogP contribution in [-0.4, -0.2) is 7.85 Å². The van der Waals surface area contributed by atoms with Crippen LogP contribution in [0, 0.1) is 5.41 Å². The predicted octanol–water partition coefficient (Wildman–Crippen LogP) is 1.62. The van der Waals surface area contributed by atoms with E-state index >= 15 is 0 Å². The molecule has 0 N–H and O–H groups in total. The molecule has 0 unspecified atom stereocenters. The number of hydrogen-bond acceptors (Lipinski definition) is 0. The third kappa shape index (κ3) is 4.06. The van der Waals surface area contributed by atoms with Crippen molar-refractivity contribution in [2.24, 2.45) is 5.41 Å². The molecular weight excluding hydrogens is 70.9 g/mol. The van der Waals surface area contributed by atoms with Crippen molar-refractivity contribution >= 4 is 7.85 Å². The van der Waals surface area contributed by atoms with Gasteiger partial charge in [-0.3, -0.25) is 0 Å². The van der Waals surface area contributed by atoms with E-state index in [-0.39, 0.29) is 0 Å². The fourth-order valence-electron chi connectivity index (χ4n) is 0. The van der Waals surface area contributed by atoms with Gasteiger partial charge in [0.2, 0.25) is 0 Å². The van der Waals surface area contributed by atoms with Gasteiger partial charge in [-0.25, -0.2) is 0 Å². The summed E-state index contributed by atoms with van der Waals surface area (Å²) in [6, 6.07) is 0. The molecular formula is C5H11B. The van der Waals surface area contributed by atoms with Crippen molar-refractivity contribution in [1.29, 1.82) is 0 Å². The topological polar surface area (TPSA) is 0 Å². The second-order valence-corrected chi connectivity index (χ2v) is 2.76. The first kappa shape index (κ1) is 6.06. The normalized spacial score (nSPS) is 11.8. The van der Waals surface area contributed by atoms with Crippen LogP contribution in [0.5, 0.6) is 0 Å². The van der Waals surface area contributed by atoms with Crippen LogP contribution in [-0.2, 0) is 0 Å². The van der Waals surface area contributed by atoms with Crippen LogP contribution in [0.4, 0.5) is 0 Å². The molecule has 0 saturated heterocycles. The molecule has 0 fully saturated rings. The fourth-order valence-corrected chi connectivity index (χ4v) is 0. The molecule has 0 rings (SSSR count). The molecule has 0 aliphatic carbocycles. The van der Waals surface area contributed by atoms with Crippen molar-refractivity contribution in [1.82, 2.24) is 0 Å². The summed E-state index contributed by atoms with van der Waals surface area (Å²) in [7, 11) is 5.31. The summed E-state index contributed by atoms with van der Waals surface area (Å²) in [5.74, 6) is 0. The van der Waals surface area contributed by atoms with E-state index in [0.29, 0.717) is 5.41 Å². The van der Waals surface area contributed by atoms with Crippen LogP contribution >= 0.6 is 0 Å². The van der Waals surface area contributed by atoms with Gasteiger partial charge in [-0.2, -0.15) is 0 Å². The number of hydrogen-bond donors (Lipinski definition) is 0. The highest BCUT2D eigenvalue weighted by atomic mass is 14.1. The molecule has 0 saturated carbocycles. The molecule has 0 aliphatic heterocycles. The maximum Gasteiger partial charge on any atom is 0.0660 e. The van der Waals surface area contributed by atoms with Crippen LogP contribution in [0.25, 0.3) is 0 Å². The zero-order valence-electron chi connectivity index (χ0n) is 4.78. The second-order valence-electron chi connectivity index (χ2n) is 2.76. The van der Waals surface area contributed by atoms with Gasteiger partial charge in [-0.05, 0) is 5.41 Å². The largest absolute Gasteiger partial charge is 0.0839 e. The van der Waals surface area contributed by atoms with E-state index in [1.807, 2.05) is 0 Å². The molecule has 0 amide bonds. The first-order valence-corrected chi connectivity index (χ1v) is 2.26. The molecule has 0 aromatic rings. The quantitative estimate of drug-likeness (QED) is 0.389. The summed E-state index contributed by atoms with van der Waals surface area (Å²) >= 11 is 0. The Morgan fingerprint density at radius 3 is 1.50 bits per heavy atom. The van der Waals surface area contributed by atoms with Crippen molar-refractivity contribution in [3.63, 3.8) is 0 Å². The van der Waals surface area contributed by atoms with Crippen molar-refractivity contribution in [2.75, 3.05) is 0 Å². The van der Waals surface area contributed by atoms with Gasteiger partial charge in [0.1, 0.15) is 0 Å². The molecule has 6 heavy (non-hydrogen) atoms. The van der Waals surface area contributed by atoms with E-state index in [9.17, 15) is 0 Å². The lowest BCUT2D eigenvalue weighted by atomic mass is 9.81. The third-order valence-electron chi connectivity index (χ3n) is 0.612. The van der Waals surface area contributed by atoms with E-state index in [0.717, 1.165) is 6.32 Å². The van der Waals surface area contributed by atoms with E-state index in [4.69, 9.17) is 7.85 Å². The van der Waals surface area contributed by atoms with Crippen molar-refractivity contribution in [3.05, 3.63) is 0 Å². The van der Waals surface area contributed by atoms with Crippen molar-refractivity contribution in [3.8, 4) is 0 Å². The van der Waals surface area contributed by atoms with Gasteiger partial charge in [0.05, 0.1) is 7.85 Å². The Morgan fingerprint density at radius 2 is 1.50 bits per heavy atom. The zero-order valence-corrected chi connectivity index (χ0v) is 4.78. The smallest absolute Gasteiger partial charge is 0.0660 e. The maximum absolute atomic E-state index is 5.31. The summed E-state index contributed by atoms with van der Waals surface area (Å²) in [4.78, 5) is 0. The van der Waals surface area contributed by atoms with Crippen molar-refractivity contribution < 1.29 is 0 Å². The number of rotatable bonds is 0. The van der Waals surface area contributed by atoms with Gasteiger partial charge in [0.15, 0.2) is 0 Å². The zero-order chi connectivity index (χ0) is 5.21. The summed E-state index contributed by atoms with van der Waals surface area (Å²) in [5.41, 5.74) is 0.319. The van der Waals surface area contributed by atoms with E-state index in [1.54, 1.807) is 0 Å². The van der Waals surface area contributed by atoms with Gasteiger partial charge < -0.3 is 0 Å². The minimum Gasteiger partial charge on any atom is -0.0839 e. The van der Waals surface area contributed by atoms with E-state index in [2.05, 4.69) is 20.8 Å². The Kier molecular flexibility index (Phi) is 1.69. The average Bonchev–Trinajstić information content (AvgIpc) is 1.35. The van der Waals surface area contributed by atoms with E-state index < -0.39 is 0 Å². The maximum atomic E-state index is 5.31. The lowest BCUT2D eigenvalue weighted by Crippen LogP contribution is -2.01. The van der Waals surface area contributed by atoms with E-state index in [1.165, 1.54) is 0 Å². The first-order valence-electron chi connectivity index (χ1n) is 2.26. The molecule has 0 bridgehead atoms. The van der Waals surface area contributed by atoms with Crippen molar-refractivity contribution in [2.45, 2.75) is 27.1 Å². The highest BCUT2D eigenvalue weighted by Gasteiger charge is 2.02. The van der Waals surface area contributed by atoms with Crippen LogP contribution < -0.4 is 0 Å². The summed E-state index contributed by atoms with van der Waals surface area (Å²) in [5, 5.41) is 0. The summed E-state index contributed by atoms with van der Waals surface area (Å²) in [6.45, 7) is 6.35. The molecule has 0 aliphatic rings. The predicted molar refractivity (Wildman–Crippen MR) is 30.0 cm³/mol. The van der Waals surface area contributed by atoms with Crippen LogP contribution in [0.1, 0.15) is 20.8 Å². The fraction of sp³-hybridized carbons (Fsp3) is 1.00. The van der Waals surface area contributed by atoms with Crippen LogP contribution in [0.2, 0.25) is 6.32 Å². The SMILES string of the molecule is [B]CC(C)(C)C. The Bertz CT molecular complexity index is 33.7. The lowest BCUT2D eigenvalue weighted by Gasteiger charge is -2.13. The van der Waals surface area contributed by atoms with Gasteiger partial charge in [-0.1, -0.05) is 27.1 Å². The Labute approximate surface area is 41.4 Å². The highest BCUT2D eigenvalue weighted by Crippen LogP contribution is 2.15. The highest BCUT2D eigenvalue weighted by molar-refractivity contribution is 6.08. The lowest BCUT2D eigenvalue weighted by molar-refractivity contribution is 0.469. The van der Waals surface area contributed by atoms with Crippen LogP contribution in [0.15, 0.2) is 0 Å². The molecule has 1 heteroatoms. The molecule has 0 nitrogen and oxygen atoms in total. The monoisotopic (exact) mass is 82.1 g/mol. The van der Waals surface area contributed by atoms with Gasteiger partial charge in [0, 0.05) is 0 Å². The molecule has 2 radical (unpaired) electrons. The standard InChI is InChI=1S/C5H11B/c1-5(2,3)4-6/h4H2,1-3H3. The Morgan fingerprint density at radius 1 is 1.33 bits per heavy atom. The Balaban J connectivity index is 3.17. The summed E-state index contributed by atoms with van der Waals surface area (Å²) < 4.78 is 0. The van der Waals surface area contributed by atoms with Gasteiger partial charge >= 0.3 is 0 Å². The molecule has 0 aromatic heterocycles. The molecule has 0 spiro atoms. The molecule has 0 aromatic carbocycles. The Hall–Kier alpha value is 0.0649. The third-order valence-corrected chi connectivity index (χ3v) is 0.612. The minimum absolute atomic E-state index is 0.319. The first-order chi connectivity index (χ1) is 2.56. The summed E-state index contributed by atoms with van der Waals surface area (Å²) in [6.07, 6.45) is 0.771.